The molecule has 1 N–H and O–H groups in total. The first-order chi connectivity index (χ1) is 12.2. The molecule has 0 spiro atoms. The lowest BCUT2D eigenvalue weighted by Crippen LogP contribution is -2.40. The van der Waals surface area contributed by atoms with Gasteiger partial charge in [-0.1, -0.05) is 17.7 Å². The minimum absolute atomic E-state index is 0.0264. The molecule has 2 aromatic rings. The van der Waals surface area contributed by atoms with E-state index in [4.69, 9.17) is 11.6 Å². The van der Waals surface area contributed by atoms with Gasteiger partial charge < -0.3 is 10.2 Å². The molecule has 0 saturated carbocycles. The summed E-state index contributed by atoms with van der Waals surface area (Å²) in [5.41, 5.74) is 0.0962. The third kappa shape index (κ3) is 4.27. The molecule has 2 heterocycles. The van der Waals surface area contributed by atoms with Crippen LogP contribution in [0.25, 0.3) is 11.3 Å². The summed E-state index contributed by atoms with van der Waals surface area (Å²) in [6, 6.07) is 5.55. The molecule has 0 radical (unpaired) electrons. The van der Waals surface area contributed by atoms with Crippen molar-refractivity contribution in [3.63, 3.8) is 0 Å². The Kier molecular flexibility index (Phi) is 5.39. The van der Waals surface area contributed by atoms with Gasteiger partial charge in [0, 0.05) is 23.2 Å². The van der Waals surface area contributed by atoms with Gasteiger partial charge in [-0.2, -0.15) is 13.2 Å². The van der Waals surface area contributed by atoms with Crippen LogP contribution in [0.4, 0.5) is 19.0 Å². The zero-order valence-corrected chi connectivity index (χ0v) is 15.3. The van der Waals surface area contributed by atoms with Gasteiger partial charge >= 0.3 is 6.18 Å². The number of aromatic nitrogens is 2. The van der Waals surface area contributed by atoms with E-state index >= 15 is 0 Å². The SMILES string of the molecule is Cc1cc(-c2ccc(Cl)cc2C(F)(F)F)nnc1N[C@@H]1CCCN(C)C1. The third-order valence-electron chi connectivity index (χ3n) is 4.51. The number of alkyl halides is 3. The molecule has 0 unspecified atom stereocenters. The molecule has 0 amide bonds. The van der Waals surface area contributed by atoms with Gasteiger partial charge in [-0.3, -0.25) is 0 Å². The predicted molar refractivity (Wildman–Crippen MR) is 96.4 cm³/mol. The van der Waals surface area contributed by atoms with E-state index in [-0.39, 0.29) is 22.3 Å². The molecule has 1 aliphatic heterocycles. The van der Waals surface area contributed by atoms with E-state index in [9.17, 15) is 13.2 Å². The molecule has 1 aromatic heterocycles. The maximum absolute atomic E-state index is 13.3. The highest BCUT2D eigenvalue weighted by Crippen LogP contribution is 2.38. The van der Waals surface area contributed by atoms with Crippen molar-refractivity contribution in [2.24, 2.45) is 0 Å². The summed E-state index contributed by atoms with van der Waals surface area (Å²) >= 11 is 5.74. The number of anilines is 1. The van der Waals surface area contributed by atoms with Crippen molar-refractivity contribution < 1.29 is 13.2 Å². The van der Waals surface area contributed by atoms with Crippen LogP contribution in [0, 0.1) is 6.92 Å². The summed E-state index contributed by atoms with van der Waals surface area (Å²) < 4.78 is 39.9. The Morgan fingerprint density at radius 1 is 1.23 bits per heavy atom. The van der Waals surface area contributed by atoms with Gasteiger partial charge in [0.05, 0.1) is 11.3 Å². The minimum atomic E-state index is -4.51. The Bertz CT molecular complexity index is 794. The van der Waals surface area contributed by atoms with Gasteiger partial charge in [-0.05, 0) is 57.1 Å². The molecule has 1 atom stereocenters. The van der Waals surface area contributed by atoms with E-state index in [2.05, 4.69) is 27.5 Å². The van der Waals surface area contributed by atoms with Gasteiger partial charge in [-0.15, -0.1) is 10.2 Å². The van der Waals surface area contributed by atoms with Crippen LogP contribution < -0.4 is 5.32 Å². The number of likely N-dealkylation sites (tertiary alicyclic amines) is 1. The smallest absolute Gasteiger partial charge is 0.364 e. The van der Waals surface area contributed by atoms with E-state index in [1.165, 1.54) is 12.1 Å². The Morgan fingerprint density at radius 3 is 2.65 bits per heavy atom. The third-order valence-corrected chi connectivity index (χ3v) is 4.75. The quantitative estimate of drug-likeness (QED) is 0.837. The fraction of sp³-hybridized carbons (Fsp3) is 0.444. The van der Waals surface area contributed by atoms with E-state index < -0.39 is 11.7 Å². The average molecular weight is 385 g/mol. The molecule has 26 heavy (non-hydrogen) atoms. The van der Waals surface area contributed by atoms with Crippen LogP contribution in [-0.2, 0) is 6.18 Å². The summed E-state index contributed by atoms with van der Waals surface area (Å²) in [7, 11) is 2.06. The summed E-state index contributed by atoms with van der Waals surface area (Å²) in [4.78, 5) is 2.24. The first-order valence-corrected chi connectivity index (χ1v) is 8.78. The molecule has 3 rings (SSSR count). The van der Waals surface area contributed by atoms with Crippen molar-refractivity contribution in [3.05, 3.63) is 40.4 Å². The first kappa shape index (κ1) is 18.9. The Balaban J connectivity index is 1.88. The first-order valence-electron chi connectivity index (χ1n) is 8.40. The van der Waals surface area contributed by atoms with Crippen molar-refractivity contribution >= 4 is 17.4 Å². The Hall–Kier alpha value is -1.86. The van der Waals surface area contributed by atoms with Crippen LogP contribution in [-0.4, -0.2) is 41.3 Å². The van der Waals surface area contributed by atoms with Crippen LogP contribution >= 0.6 is 11.6 Å². The number of hydrogen-bond donors (Lipinski definition) is 1. The molecule has 0 bridgehead atoms. The topological polar surface area (TPSA) is 41.1 Å². The molecule has 1 aliphatic rings. The second-order valence-electron chi connectivity index (χ2n) is 6.69. The monoisotopic (exact) mass is 384 g/mol. The molecular weight excluding hydrogens is 365 g/mol. The van der Waals surface area contributed by atoms with Crippen molar-refractivity contribution in [1.29, 1.82) is 0 Å². The molecule has 4 nitrogen and oxygen atoms in total. The lowest BCUT2D eigenvalue weighted by atomic mass is 10.0. The number of likely N-dealkylation sites (N-methyl/N-ethyl adjacent to an activating group) is 1. The summed E-state index contributed by atoms with van der Waals surface area (Å²) in [5, 5.41) is 11.6. The summed E-state index contributed by atoms with van der Waals surface area (Å²) in [6.07, 6.45) is -2.39. The van der Waals surface area contributed by atoms with Crippen LogP contribution in [0.2, 0.25) is 5.02 Å². The van der Waals surface area contributed by atoms with E-state index in [1.807, 2.05) is 6.92 Å². The lowest BCUT2D eigenvalue weighted by Gasteiger charge is -2.30. The average Bonchev–Trinajstić information content (AvgIpc) is 2.56. The zero-order valence-electron chi connectivity index (χ0n) is 14.6. The summed E-state index contributed by atoms with van der Waals surface area (Å²) in [5.74, 6) is 0.608. The molecule has 1 saturated heterocycles. The summed E-state index contributed by atoms with van der Waals surface area (Å²) in [6.45, 7) is 3.78. The maximum atomic E-state index is 13.3. The number of rotatable bonds is 3. The highest BCUT2D eigenvalue weighted by atomic mass is 35.5. The zero-order chi connectivity index (χ0) is 18.9. The van der Waals surface area contributed by atoms with E-state index in [0.717, 1.165) is 37.6 Å². The highest BCUT2D eigenvalue weighted by Gasteiger charge is 2.34. The standard InChI is InChI=1S/C18H20ClF3N4/c1-11-8-16(14-6-5-12(19)9-15(14)18(20,21)22)24-25-17(11)23-13-4-3-7-26(2)10-13/h5-6,8-9,13H,3-4,7,10H2,1-2H3,(H,23,25)/t13-/m1/s1. The Morgan fingerprint density at radius 2 is 2.00 bits per heavy atom. The highest BCUT2D eigenvalue weighted by molar-refractivity contribution is 6.30. The van der Waals surface area contributed by atoms with Gasteiger partial charge in [0.2, 0.25) is 0 Å². The molecule has 1 aromatic carbocycles. The molecule has 1 fully saturated rings. The van der Waals surface area contributed by atoms with Gasteiger partial charge in [0.15, 0.2) is 5.82 Å². The predicted octanol–water partition coefficient (Wildman–Crippen LogP) is 4.63. The fourth-order valence-electron chi connectivity index (χ4n) is 3.21. The van der Waals surface area contributed by atoms with Crippen molar-refractivity contribution in [1.82, 2.24) is 15.1 Å². The molecular formula is C18H20ClF3N4. The molecule has 0 aliphatic carbocycles. The second-order valence-corrected chi connectivity index (χ2v) is 7.13. The van der Waals surface area contributed by atoms with E-state index in [0.29, 0.717) is 5.82 Å². The molecule has 140 valence electrons. The number of nitrogens with zero attached hydrogens (tertiary/aromatic N) is 3. The fourth-order valence-corrected chi connectivity index (χ4v) is 3.38. The van der Waals surface area contributed by atoms with Crippen LogP contribution in [0.15, 0.2) is 24.3 Å². The Labute approximate surface area is 155 Å². The number of piperidine rings is 1. The normalized spacial score (nSPS) is 18.8. The maximum Gasteiger partial charge on any atom is 0.417 e. The van der Waals surface area contributed by atoms with Gasteiger partial charge in [-0.25, -0.2) is 0 Å². The second kappa shape index (κ2) is 7.40. The largest absolute Gasteiger partial charge is 0.417 e. The number of halogens is 4. The van der Waals surface area contributed by atoms with Gasteiger partial charge in [0.25, 0.3) is 0 Å². The van der Waals surface area contributed by atoms with Crippen LogP contribution in [0.5, 0.6) is 0 Å². The van der Waals surface area contributed by atoms with Crippen LogP contribution in [0.1, 0.15) is 24.0 Å². The van der Waals surface area contributed by atoms with Crippen molar-refractivity contribution in [3.8, 4) is 11.3 Å². The number of hydrogen-bond acceptors (Lipinski definition) is 4. The van der Waals surface area contributed by atoms with Crippen molar-refractivity contribution in [2.45, 2.75) is 32.0 Å². The van der Waals surface area contributed by atoms with Gasteiger partial charge in [0.1, 0.15) is 0 Å². The number of nitrogens with one attached hydrogen (secondary N) is 1. The molecule has 8 heteroatoms. The number of benzene rings is 1. The van der Waals surface area contributed by atoms with Crippen molar-refractivity contribution in [2.75, 3.05) is 25.5 Å². The van der Waals surface area contributed by atoms with E-state index in [1.54, 1.807) is 6.07 Å². The van der Waals surface area contributed by atoms with Crippen LogP contribution in [0.3, 0.4) is 0 Å². The lowest BCUT2D eigenvalue weighted by molar-refractivity contribution is -0.137. The number of aryl methyl sites for hydroxylation is 1. The minimum Gasteiger partial charge on any atom is -0.364 e.